The quantitative estimate of drug-likeness (QED) is 0.600. The van der Waals surface area contributed by atoms with Crippen LogP contribution in [0.5, 0.6) is 0 Å². The molecular weight excluding hydrogens is 326 g/mol. The molecule has 2 N–H and O–H groups in total. The van der Waals surface area contributed by atoms with Gasteiger partial charge in [0.2, 0.25) is 0 Å². The van der Waals surface area contributed by atoms with Gasteiger partial charge in [-0.3, -0.25) is 4.98 Å². The van der Waals surface area contributed by atoms with Crippen molar-refractivity contribution in [3.8, 4) is 0 Å². The molecule has 2 saturated heterocycles. The zero-order valence-electron chi connectivity index (χ0n) is 16.2. The molecule has 3 heterocycles. The largest absolute Gasteiger partial charge is 0.381 e. The summed E-state index contributed by atoms with van der Waals surface area (Å²) in [7, 11) is 0. The highest BCUT2D eigenvalue weighted by atomic mass is 16.5. The van der Waals surface area contributed by atoms with Gasteiger partial charge in [-0.25, -0.2) is 4.99 Å². The monoisotopic (exact) mass is 359 g/mol. The predicted octanol–water partition coefficient (Wildman–Crippen LogP) is 1.95. The van der Waals surface area contributed by atoms with Crippen molar-refractivity contribution in [2.75, 3.05) is 39.4 Å². The van der Waals surface area contributed by atoms with Crippen molar-refractivity contribution in [2.45, 2.75) is 45.7 Å². The Bertz CT molecular complexity index is 577. The van der Waals surface area contributed by atoms with Crippen LogP contribution in [0.25, 0.3) is 0 Å². The van der Waals surface area contributed by atoms with Crippen LogP contribution in [0.4, 0.5) is 0 Å². The Kier molecular flexibility index (Phi) is 7.26. The molecule has 0 amide bonds. The number of ether oxygens (including phenoxy) is 1. The summed E-state index contributed by atoms with van der Waals surface area (Å²) < 4.78 is 5.50. The molecular formula is C20H33N5O. The summed E-state index contributed by atoms with van der Waals surface area (Å²) in [5.74, 6) is 1.64. The van der Waals surface area contributed by atoms with Crippen LogP contribution in [-0.4, -0.2) is 61.3 Å². The Morgan fingerprint density at radius 3 is 2.88 bits per heavy atom. The molecule has 0 saturated carbocycles. The van der Waals surface area contributed by atoms with Crippen LogP contribution in [0.15, 0.2) is 23.3 Å². The standard InChI is InChI=1S/C20H33N5O/c1-3-21-20(23-13-19-16(2)5-4-9-22-19)24-18-6-10-25(11-7-18)14-17-8-12-26-15-17/h4-5,9,17-18H,3,6-8,10-15H2,1-2H3,(H2,21,23,24). The Morgan fingerprint density at radius 2 is 2.19 bits per heavy atom. The minimum absolute atomic E-state index is 0.494. The van der Waals surface area contributed by atoms with Crippen molar-refractivity contribution >= 4 is 5.96 Å². The summed E-state index contributed by atoms with van der Waals surface area (Å²) >= 11 is 0. The Labute approximate surface area is 157 Å². The molecule has 2 aliphatic heterocycles. The molecule has 0 aliphatic carbocycles. The van der Waals surface area contributed by atoms with E-state index in [1.807, 2.05) is 12.3 Å². The molecule has 0 bridgehead atoms. The molecule has 0 aromatic carbocycles. The Morgan fingerprint density at radius 1 is 1.35 bits per heavy atom. The fourth-order valence-electron chi connectivity index (χ4n) is 3.70. The molecule has 0 radical (unpaired) electrons. The van der Waals surface area contributed by atoms with E-state index >= 15 is 0 Å². The van der Waals surface area contributed by atoms with Crippen molar-refractivity contribution in [3.05, 3.63) is 29.6 Å². The molecule has 6 heteroatoms. The van der Waals surface area contributed by atoms with Crippen molar-refractivity contribution in [1.82, 2.24) is 20.5 Å². The molecule has 0 spiro atoms. The average Bonchev–Trinajstić information content (AvgIpc) is 3.16. The van der Waals surface area contributed by atoms with Gasteiger partial charge in [0, 0.05) is 45.0 Å². The predicted molar refractivity (Wildman–Crippen MR) is 105 cm³/mol. The van der Waals surface area contributed by atoms with E-state index in [4.69, 9.17) is 9.73 Å². The van der Waals surface area contributed by atoms with E-state index in [0.717, 1.165) is 50.4 Å². The van der Waals surface area contributed by atoms with Crippen LogP contribution in [0.3, 0.4) is 0 Å². The first-order valence-electron chi connectivity index (χ1n) is 10.00. The number of likely N-dealkylation sites (tertiary alicyclic amines) is 1. The minimum Gasteiger partial charge on any atom is -0.381 e. The number of rotatable bonds is 6. The minimum atomic E-state index is 0.494. The van der Waals surface area contributed by atoms with E-state index in [0.29, 0.717) is 12.6 Å². The van der Waals surface area contributed by atoms with Gasteiger partial charge in [-0.15, -0.1) is 0 Å². The first-order valence-corrected chi connectivity index (χ1v) is 10.00. The Balaban J connectivity index is 1.47. The summed E-state index contributed by atoms with van der Waals surface area (Å²) in [6, 6.07) is 4.55. The zero-order valence-corrected chi connectivity index (χ0v) is 16.2. The number of hydrogen-bond donors (Lipinski definition) is 2. The fourth-order valence-corrected chi connectivity index (χ4v) is 3.70. The van der Waals surface area contributed by atoms with Crippen molar-refractivity contribution in [2.24, 2.45) is 10.9 Å². The third-order valence-corrected chi connectivity index (χ3v) is 5.32. The Hall–Kier alpha value is -1.66. The van der Waals surface area contributed by atoms with E-state index < -0.39 is 0 Å². The summed E-state index contributed by atoms with van der Waals surface area (Å²) in [6.45, 7) is 11.1. The van der Waals surface area contributed by atoms with Gasteiger partial charge in [0.15, 0.2) is 5.96 Å². The van der Waals surface area contributed by atoms with Gasteiger partial charge >= 0.3 is 0 Å². The lowest BCUT2D eigenvalue weighted by Gasteiger charge is -2.34. The molecule has 6 nitrogen and oxygen atoms in total. The average molecular weight is 360 g/mol. The number of pyridine rings is 1. The van der Waals surface area contributed by atoms with E-state index in [1.54, 1.807) is 0 Å². The lowest BCUT2D eigenvalue weighted by Crippen LogP contribution is -2.49. The highest BCUT2D eigenvalue weighted by Gasteiger charge is 2.24. The number of aromatic nitrogens is 1. The molecule has 1 atom stereocenters. The smallest absolute Gasteiger partial charge is 0.191 e. The number of guanidine groups is 1. The van der Waals surface area contributed by atoms with Crippen LogP contribution in [0.1, 0.15) is 37.4 Å². The van der Waals surface area contributed by atoms with Crippen LogP contribution in [0.2, 0.25) is 0 Å². The normalized spacial score (nSPS) is 22.5. The van der Waals surface area contributed by atoms with Crippen molar-refractivity contribution in [3.63, 3.8) is 0 Å². The topological polar surface area (TPSA) is 61.8 Å². The number of nitrogens with zero attached hydrogens (tertiary/aromatic N) is 3. The highest BCUT2D eigenvalue weighted by molar-refractivity contribution is 5.80. The number of piperidine rings is 1. The molecule has 3 rings (SSSR count). The van der Waals surface area contributed by atoms with Crippen LogP contribution >= 0.6 is 0 Å². The molecule has 2 fully saturated rings. The first kappa shape index (κ1) is 19.1. The maximum atomic E-state index is 5.50. The second-order valence-corrected chi connectivity index (χ2v) is 7.41. The second kappa shape index (κ2) is 9.88. The summed E-state index contributed by atoms with van der Waals surface area (Å²) in [5.41, 5.74) is 2.23. The summed E-state index contributed by atoms with van der Waals surface area (Å²) in [6.07, 6.45) is 5.40. The highest BCUT2D eigenvalue weighted by Crippen LogP contribution is 2.17. The van der Waals surface area contributed by atoms with Crippen molar-refractivity contribution in [1.29, 1.82) is 0 Å². The van der Waals surface area contributed by atoms with Gasteiger partial charge in [0.1, 0.15) is 0 Å². The third-order valence-electron chi connectivity index (χ3n) is 5.32. The maximum absolute atomic E-state index is 5.50. The number of aryl methyl sites for hydroxylation is 1. The second-order valence-electron chi connectivity index (χ2n) is 7.41. The van der Waals surface area contributed by atoms with E-state index in [9.17, 15) is 0 Å². The first-order chi connectivity index (χ1) is 12.7. The summed E-state index contributed by atoms with van der Waals surface area (Å²) in [5, 5.41) is 6.99. The zero-order chi connectivity index (χ0) is 18.2. The number of nitrogens with one attached hydrogen (secondary N) is 2. The number of hydrogen-bond acceptors (Lipinski definition) is 4. The lowest BCUT2D eigenvalue weighted by atomic mass is 10.0. The molecule has 2 aliphatic rings. The molecule has 144 valence electrons. The van der Waals surface area contributed by atoms with E-state index in [2.05, 4.69) is 40.4 Å². The third kappa shape index (κ3) is 5.68. The lowest BCUT2D eigenvalue weighted by molar-refractivity contribution is 0.150. The van der Waals surface area contributed by atoms with Crippen LogP contribution < -0.4 is 10.6 Å². The maximum Gasteiger partial charge on any atom is 0.191 e. The van der Waals surface area contributed by atoms with Gasteiger partial charge in [-0.1, -0.05) is 6.07 Å². The van der Waals surface area contributed by atoms with E-state index in [1.165, 1.54) is 31.4 Å². The van der Waals surface area contributed by atoms with E-state index in [-0.39, 0.29) is 0 Å². The van der Waals surface area contributed by atoms with Crippen LogP contribution in [-0.2, 0) is 11.3 Å². The number of aliphatic imine (C=N–C) groups is 1. The van der Waals surface area contributed by atoms with Gasteiger partial charge in [-0.05, 0) is 50.7 Å². The molecule has 1 aromatic rings. The van der Waals surface area contributed by atoms with Gasteiger partial charge < -0.3 is 20.3 Å². The van der Waals surface area contributed by atoms with Gasteiger partial charge in [0.25, 0.3) is 0 Å². The molecule has 1 aromatic heterocycles. The summed E-state index contributed by atoms with van der Waals surface area (Å²) in [4.78, 5) is 11.8. The van der Waals surface area contributed by atoms with Gasteiger partial charge in [0.05, 0.1) is 18.8 Å². The van der Waals surface area contributed by atoms with Crippen molar-refractivity contribution < 1.29 is 4.74 Å². The molecule has 26 heavy (non-hydrogen) atoms. The van der Waals surface area contributed by atoms with Gasteiger partial charge in [-0.2, -0.15) is 0 Å². The molecule has 1 unspecified atom stereocenters. The fraction of sp³-hybridized carbons (Fsp3) is 0.700. The van der Waals surface area contributed by atoms with Crippen LogP contribution in [0, 0.1) is 12.8 Å². The SMILES string of the molecule is CCNC(=NCc1ncccc1C)NC1CCN(CC2CCOC2)CC1.